The molecule has 1 aromatic carbocycles. The standard InChI is InChI=1S/C22H27N3O3/c1-15-18-4-2-5-20(26)25-13-3-11-22(18,25)12-10-19(15)28-21(27)24-17-8-6-16(14-23)7-9-17/h6-9,15,18-19H,2-5,10-13H2,1H3,(H,24,27)/t15-,18+,19+,22-/m1/s1. The van der Waals surface area contributed by atoms with Crippen molar-refractivity contribution in [3.8, 4) is 6.07 Å². The first kappa shape index (κ1) is 18.8. The third-order valence-electron chi connectivity index (χ3n) is 7.03. The van der Waals surface area contributed by atoms with E-state index in [4.69, 9.17) is 10.00 Å². The summed E-state index contributed by atoms with van der Waals surface area (Å²) in [5.74, 6) is 0.931. The van der Waals surface area contributed by atoms with Gasteiger partial charge in [0.25, 0.3) is 0 Å². The van der Waals surface area contributed by atoms with Crippen LogP contribution in [0.2, 0.25) is 0 Å². The molecule has 0 unspecified atom stereocenters. The Morgan fingerprint density at radius 3 is 2.79 bits per heavy atom. The topological polar surface area (TPSA) is 82.4 Å². The number of carbonyl (C=O) groups excluding carboxylic acids is 2. The molecule has 2 aliphatic heterocycles. The molecule has 4 atom stereocenters. The van der Waals surface area contributed by atoms with E-state index < -0.39 is 6.09 Å². The van der Waals surface area contributed by atoms with E-state index in [1.54, 1.807) is 24.3 Å². The Bertz CT molecular complexity index is 800. The van der Waals surface area contributed by atoms with E-state index in [1.165, 1.54) is 0 Å². The normalized spacial score (nSPS) is 31.9. The van der Waals surface area contributed by atoms with Gasteiger partial charge in [-0.25, -0.2) is 4.79 Å². The molecule has 4 rings (SSSR count). The number of nitrogens with one attached hydrogen (secondary N) is 1. The zero-order valence-corrected chi connectivity index (χ0v) is 16.3. The molecule has 1 N–H and O–H groups in total. The molecule has 0 aromatic heterocycles. The molecule has 0 radical (unpaired) electrons. The second-order valence-corrected chi connectivity index (χ2v) is 8.41. The molecule has 3 aliphatic rings. The molecular weight excluding hydrogens is 354 g/mol. The largest absolute Gasteiger partial charge is 0.446 e. The molecule has 1 aromatic rings. The van der Waals surface area contributed by atoms with Crippen LogP contribution in [0.5, 0.6) is 0 Å². The third kappa shape index (κ3) is 3.23. The molecule has 3 fully saturated rings. The van der Waals surface area contributed by atoms with E-state index in [1.807, 2.05) is 0 Å². The Hall–Kier alpha value is -2.55. The maximum atomic E-state index is 12.6. The van der Waals surface area contributed by atoms with Crippen LogP contribution in [0.1, 0.15) is 57.4 Å². The molecule has 1 aliphatic carbocycles. The summed E-state index contributed by atoms with van der Waals surface area (Å²) in [7, 11) is 0. The van der Waals surface area contributed by atoms with Gasteiger partial charge < -0.3 is 9.64 Å². The van der Waals surface area contributed by atoms with Crippen LogP contribution in [0, 0.1) is 23.2 Å². The van der Waals surface area contributed by atoms with Crippen molar-refractivity contribution in [3.63, 3.8) is 0 Å². The van der Waals surface area contributed by atoms with E-state index in [-0.39, 0.29) is 17.6 Å². The van der Waals surface area contributed by atoms with Gasteiger partial charge in [0, 0.05) is 24.2 Å². The highest BCUT2D eigenvalue weighted by atomic mass is 16.6. The number of benzene rings is 1. The number of hydrogen-bond donors (Lipinski definition) is 1. The number of hydrogen-bond acceptors (Lipinski definition) is 4. The Balaban J connectivity index is 1.43. The van der Waals surface area contributed by atoms with Crippen molar-refractivity contribution in [2.45, 2.75) is 63.5 Å². The van der Waals surface area contributed by atoms with Crippen LogP contribution in [-0.2, 0) is 9.53 Å². The zero-order chi connectivity index (χ0) is 19.7. The molecular formula is C22H27N3O3. The number of amides is 2. The third-order valence-corrected chi connectivity index (χ3v) is 7.03. The smallest absolute Gasteiger partial charge is 0.411 e. The Morgan fingerprint density at radius 1 is 1.25 bits per heavy atom. The second kappa shape index (κ2) is 7.46. The van der Waals surface area contributed by atoms with Gasteiger partial charge in [-0.3, -0.25) is 10.1 Å². The maximum Gasteiger partial charge on any atom is 0.411 e. The lowest BCUT2D eigenvalue weighted by Crippen LogP contribution is -2.57. The monoisotopic (exact) mass is 381 g/mol. The van der Waals surface area contributed by atoms with Gasteiger partial charge in [0.05, 0.1) is 11.6 Å². The number of carbonyl (C=O) groups is 2. The predicted molar refractivity (Wildman–Crippen MR) is 104 cm³/mol. The molecule has 0 bridgehead atoms. The maximum absolute atomic E-state index is 12.6. The van der Waals surface area contributed by atoms with E-state index in [2.05, 4.69) is 23.2 Å². The lowest BCUT2D eigenvalue weighted by molar-refractivity contribution is -0.140. The molecule has 148 valence electrons. The summed E-state index contributed by atoms with van der Waals surface area (Å²) in [5.41, 5.74) is 1.15. The Labute approximate surface area is 165 Å². The molecule has 28 heavy (non-hydrogen) atoms. The van der Waals surface area contributed by atoms with Crippen molar-refractivity contribution in [2.75, 3.05) is 11.9 Å². The van der Waals surface area contributed by atoms with E-state index in [0.717, 1.165) is 45.1 Å². The molecule has 2 amide bonds. The number of nitriles is 1. The lowest BCUT2D eigenvalue weighted by atomic mass is 9.64. The molecule has 2 heterocycles. The van der Waals surface area contributed by atoms with Gasteiger partial charge >= 0.3 is 6.09 Å². The van der Waals surface area contributed by atoms with Crippen LogP contribution in [0.4, 0.5) is 10.5 Å². The van der Waals surface area contributed by atoms with Crippen LogP contribution in [0.3, 0.4) is 0 Å². The van der Waals surface area contributed by atoms with Crippen molar-refractivity contribution in [1.29, 1.82) is 5.26 Å². The van der Waals surface area contributed by atoms with Crippen molar-refractivity contribution in [2.24, 2.45) is 11.8 Å². The minimum absolute atomic E-state index is 0.0174. The molecule has 1 saturated carbocycles. The fourth-order valence-corrected chi connectivity index (χ4v) is 5.73. The summed E-state index contributed by atoms with van der Waals surface area (Å²) in [6.45, 7) is 3.06. The van der Waals surface area contributed by atoms with Gasteiger partial charge in [0.15, 0.2) is 0 Å². The van der Waals surface area contributed by atoms with Crippen molar-refractivity contribution < 1.29 is 14.3 Å². The fourth-order valence-electron chi connectivity index (χ4n) is 5.73. The summed E-state index contributed by atoms with van der Waals surface area (Å²) in [5, 5.41) is 11.6. The van der Waals surface area contributed by atoms with Crippen molar-refractivity contribution in [1.82, 2.24) is 4.90 Å². The summed E-state index contributed by atoms with van der Waals surface area (Å²) >= 11 is 0. The average Bonchev–Trinajstić information content (AvgIpc) is 3.06. The Morgan fingerprint density at radius 2 is 2.04 bits per heavy atom. The second-order valence-electron chi connectivity index (χ2n) is 8.41. The molecule has 2 saturated heterocycles. The van der Waals surface area contributed by atoms with Crippen LogP contribution in [0.15, 0.2) is 24.3 Å². The van der Waals surface area contributed by atoms with Gasteiger partial charge in [-0.1, -0.05) is 6.92 Å². The summed E-state index contributed by atoms with van der Waals surface area (Å²) in [4.78, 5) is 27.2. The van der Waals surface area contributed by atoms with Crippen LogP contribution in [0.25, 0.3) is 0 Å². The number of anilines is 1. The average molecular weight is 381 g/mol. The summed E-state index contributed by atoms with van der Waals surface area (Å²) in [6, 6.07) is 8.79. The van der Waals surface area contributed by atoms with Crippen LogP contribution < -0.4 is 5.32 Å². The van der Waals surface area contributed by atoms with Crippen molar-refractivity contribution >= 4 is 17.7 Å². The van der Waals surface area contributed by atoms with Crippen LogP contribution in [-0.4, -0.2) is 35.1 Å². The van der Waals surface area contributed by atoms with Gasteiger partial charge in [0.1, 0.15) is 6.10 Å². The van der Waals surface area contributed by atoms with Gasteiger partial charge in [-0.2, -0.15) is 5.26 Å². The number of nitrogens with zero attached hydrogens (tertiary/aromatic N) is 2. The first-order chi connectivity index (χ1) is 13.5. The highest BCUT2D eigenvalue weighted by molar-refractivity contribution is 5.84. The molecule has 1 spiro atoms. The fraction of sp³-hybridized carbons (Fsp3) is 0.591. The summed E-state index contributed by atoms with van der Waals surface area (Å²) in [6.07, 6.45) is 5.89. The Kier molecular flexibility index (Phi) is 5.01. The van der Waals surface area contributed by atoms with E-state index >= 15 is 0 Å². The lowest BCUT2D eigenvalue weighted by Gasteiger charge is -2.51. The zero-order valence-electron chi connectivity index (χ0n) is 16.3. The SMILES string of the molecule is C[C@H]1[C@@H](OC(=O)Nc2ccc(C#N)cc2)CC[C@@]23CCCN2C(=O)CCC[C@@H]13. The van der Waals surface area contributed by atoms with Gasteiger partial charge in [-0.05, 0) is 74.6 Å². The van der Waals surface area contributed by atoms with Gasteiger partial charge in [0.2, 0.25) is 5.91 Å². The molecule has 6 nitrogen and oxygen atoms in total. The first-order valence-corrected chi connectivity index (χ1v) is 10.3. The minimum atomic E-state index is -0.453. The number of ether oxygens (including phenoxy) is 1. The minimum Gasteiger partial charge on any atom is -0.446 e. The van der Waals surface area contributed by atoms with Crippen LogP contribution >= 0.6 is 0 Å². The quantitative estimate of drug-likeness (QED) is 0.837. The predicted octanol–water partition coefficient (Wildman–Crippen LogP) is 4.07. The van der Waals surface area contributed by atoms with Gasteiger partial charge in [-0.15, -0.1) is 0 Å². The first-order valence-electron chi connectivity index (χ1n) is 10.3. The van der Waals surface area contributed by atoms with E-state index in [9.17, 15) is 9.59 Å². The highest BCUT2D eigenvalue weighted by Gasteiger charge is 2.55. The van der Waals surface area contributed by atoms with E-state index in [0.29, 0.717) is 29.5 Å². The van der Waals surface area contributed by atoms with Crippen molar-refractivity contribution in [3.05, 3.63) is 29.8 Å². The highest BCUT2D eigenvalue weighted by Crippen LogP contribution is 2.52. The summed E-state index contributed by atoms with van der Waals surface area (Å²) < 4.78 is 5.81. The number of rotatable bonds is 2. The molecule has 6 heteroatoms.